The van der Waals surface area contributed by atoms with Crippen molar-refractivity contribution >= 4 is 22.8 Å². The van der Waals surface area contributed by atoms with Crippen molar-refractivity contribution in [2.75, 3.05) is 0 Å². The van der Waals surface area contributed by atoms with Gasteiger partial charge in [0.2, 0.25) is 0 Å². The van der Waals surface area contributed by atoms with Crippen LogP contribution in [-0.4, -0.2) is 21.4 Å². The van der Waals surface area contributed by atoms with E-state index in [1.54, 1.807) is 13.8 Å². The van der Waals surface area contributed by atoms with Gasteiger partial charge in [-0.1, -0.05) is 25.6 Å². The number of carboxylic acids is 1. The molecule has 64 valence electrons. The largest absolute Gasteiger partial charge is 0.480 e. The summed E-state index contributed by atoms with van der Waals surface area (Å²) in [5.74, 6) is -0.929. The third kappa shape index (κ3) is 4.03. The summed E-state index contributed by atoms with van der Waals surface area (Å²) in [6, 6.07) is 0. The van der Waals surface area contributed by atoms with Crippen molar-refractivity contribution in [1.82, 2.24) is 0 Å². The van der Waals surface area contributed by atoms with Crippen LogP contribution in [0.1, 0.15) is 20.8 Å². The van der Waals surface area contributed by atoms with Crippen LogP contribution in [0.4, 0.5) is 0 Å². The summed E-state index contributed by atoms with van der Waals surface area (Å²) in [7, 11) is 0. The van der Waals surface area contributed by atoms with Gasteiger partial charge < -0.3 is 5.11 Å². The fourth-order valence-electron chi connectivity index (χ4n) is 0.650. The van der Waals surface area contributed by atoms with E-state index in [9.17, 15) is 9.59 Å². The van der Waals surface area contributed by atoms with Gasteiger partial charge in [0.05, 0.1) is 0 Å². The number of aliphatic carboxylic acids is 1. The molecule has 0 unspecified atom stereocenters. The van der Waals surface area contributed by atoms with Gasteiger partial charge in [-0.2, -0.15) is 0 Å². The zero-order valence-corrected chi connectivity index (χ0v) is 7.64. The lowest BCUT2D eigenvalue weighted by atomic mass is 10.1. The van der Waals surface area contributed by atoms with Crippen LogP contribution in [0.2, 0.25) is 0 Å². The summed E-state index contributed by atoms with van der Waals surface area (Å²) in [5.41, 5.74) is 0. The van der Waals surface area contributed by atoms with Crippen LogP contribution in [0.3, 0.4) is 0 Å². The molecule has 0 saturated heterocycles. The number of thioether (sulfide) groups is 1. The number of carbonyl (C=O) groups is 2. The Hall–Kier alpha value is -0.510. The Kier molecular flexibility index (Phi) is 4.18. The maximum absolute atomic E-state index is 10.6. The average molecular weight is 176 g/mol. The fourth-order valence-corrected chi connectivity index (χ4v) is 1.38. The maximum Gasteiger partial charge on any atom is 0.317 e. The molecule has 0 rings (SSSR count). The molecule has 0 bridgehead atoms. The standard InChI is InChI=1S/C7H12O3S/c1-4(2)6(7(9)10)11-5(3)8/h4,6H,1-3H3,(H,9,10)/t6-/m0/s1. The van der Waals surface area contributed by atoms with E-state index >= 15 is 0 Å². The Morgan fingerprint density at radius 3 is 1.91 bits per heavy atom. The number of carboxylic acid groups (broad SMARTS) is 1. The SMILES string of the molecule is CC(=O)S[C@H](C(=O)O)C(C)C. The molecule has 0 aliphatic carbocycles. The van der Waals surface area contributed by atoms with E-state index in [1.807, 2.05) is 0 Å². The summed E-state index contributed by atoms with van der Waals surface area (Å²) in [4.78, 5) is 21.1. The van der Waals surface area contributed by atoms with Crippen molar-refractivity contribution in [1.29, 1.82) is 0 Å². The summed E-state index contributed by atoms with van der Waals surface area (Å²) in [5, 5.41) is 7.87. The first kappa shape index (κ1) is 10.5. The fraction of sp³-hybridized carbons (Fsp3) is 0.714. The molecule has 0 aliphatic heterocycles. The van der Waals surface area contributed by atoms with Crippen molar-refractivity contribution in [2.24, 2.45) is 5.92 Å². The van der Waals surface area contributed by atoms with E-state index in [1.165, 1.54) is 6.92 Å². The molecule has 0 aromatic rings. The molecule has 0 amide bonds. The second kappa shape index (κ2) is 4.38. The number of carbonyl (C=O) groups excluding carboxylic acids is 1. The molecule has 0 radical (unpaired) electrons. The van der Waals surface area contributed by atoms with Gasteiger partial charge in [-0.15, -0.1) is 0 Å². The predicted octanol–water partition coefficient (Wildman–Crippen LogP) is 1.38. The van der Waals surface area contributed by atoms with Gasteiger partial charge in [0, 0.05) is 6.92 Å². The van der Waals surface area contributed by atoms with Gasteiger partial charge >= 0.3 is 5.97 Å². The molecule has 0 aliphatic rings. The minimum Gasteiger partial charge on any atom is -0.480 e. The van der Waals surface area contributed by atoms with E-state index in [4.69, 9.17) is 5.11 Å². The molecule has 11 heavy (non-hydrogen) atoms. The minimum absolute atomic E-state index is 0.0126. The predicted molar refractivity (Wildman–Crippen MR) is 44.5 cm³/mol. The number of hydrogen-bond donors (Lipinski definition) is 1. The Balaban J connectivity index is 4.12. The van der Waals surface area contributed by atoms with Gasteiger partial charge in [-0.25, -0.2) is 0 Å². The van der Waals surface area contributed by atoms with Gasteiger partial charge in [-0.05, 0) is 5.92 Å². The molecule has 1 N–H and O–H groups in total. The van der Waals surface area contributed by atoms with Gasteiger partial charge in [-0.3, -0.25) is 9.59 Å². The van der Waals surface area contributed by atoms with Crippen molar-refractivity contribution in [2.45, 2.75) is 26.0 Å². The van der Waals surface area contributed by atoms with Crippen LogP contribution >= 0.6 is 11.8 Å². The number of hydrogen-bond acceptors (Lipinski definition) is 3. The van der Waals surface area contributed by atoms with Gasteiger partial charge in [0.25, 0.3) is 0 Å². The highest BCUT2D eigenvalue weighted by molar-refractivity contribution is 8.14. The van der Waals surface area contributed by atoms with Crippen LogP contribution in [0, 0.1) is 5.92 Å². The zero-order chi connectivity index (χ0) is 9.02. The molecule has 0 aromatic heterocycles. The Labute approximate surface area is 70.2 Å². The van der Waals surface area contributed by atoms with Crippen molar-refractivity contribution < 1.29 is 14.7 Å². The first-order valence-electron chi connectivity index (χ1n) is 3.35. The normalized spacial score (nSPS) is 13.1. The molecular weight excluding hydrogens is 164 g/mol. The molecule has 1 atom stereocenters. The summed E-state index contributed by atoms with van der Waals surface area (Å²) < 4.78 is 0. The zero-order valence-electron chi connectivity index (χ0n) is 6.83. The highest BCUT2D eigenvalue weighted by Crippen LogP contribution is 2.19. The minimum atomic E-state index is -0.916. The average Bonchev–Trinajstić information content (AvgIpc) is 1.81. The van der Waals surface area contributed by atoms with Crippen molar-refractivity contribution in [3.05, 3.63) is 0 Å². The summed E-state index contributed by atoms with van der Waals surface area (Å²) in [6.45, 7) is 4.95. The highest BCUT2D eigenvalue weighted by Gasteiger charge is 2.23. The van der Waals surface area contributed by atoms with Crippen LogP contribution in [0.15, 0.2) is 0 Å². The van der Waals surface area contributed by atoms with E-state index in [0.717, 1.165) is 11.8 Å². The van der Waals surface area contributed by atoms with E-state index in [-0.39, 0.29) is 11.0 Å². The van der Waals surface area contributed by atoms with Crippen molar-refractivity contribution in [3.63, 3.8) is 0 Å². The molecule has 0 aromatic carbocycles. The lowest BCUT2D eigenvalue weighted by Gasteiger charge is -2.12. The second-order valence-electron chi connectivity index (χ2n) is 2.61. The Morgan fingerprint density at radius 2 is 1.82 bits per heavy atom. The summed E-state index contributed by atoms with van der Waals surface area (Å²) in [6.07, 6.45) is 0. The molecule has 3 nitrogen and oxygen atoms in total. The molecular formula is C7H12O3S. The maximum atomic E-state index is 10.6. The molecule has 4 heteroatoms. The van der Waals surface area contributed by atoms with E-state index < -0.39 is 11.2 Å². The van der Waals surface area contributed by atoms with Crippen LogP contribution < -0.4 is 0 Å². The topological polar surface area (TPSA) is 54.4 Å². The third-order valence-electron chi connectivity index (χ3n) is 1.14. The molecule has 0 heterocycles. The third-order valence-corrected chi connectivity index (χ3v) is 2.47. The molecule has 0 spiro atoms. The Bertz CT molecular complexity index is 165. The van der Waals surface area contributed by atoms with E-state index in [0.29, 0.717) is 0 Å². The van der Waals surface area contributed by atoms with Crippen LogP contribution in [0.25, 0.3) is 0 Å². The van der Waals surface area contributed by atoms with Crippen LogP contribution in [-0.2, 0) is 9.59 Å². The van der Waals surface area contributed by atoms with E-state index in [2.05, 4.69) is 0 Å². The van der Waals surface area contributed by atoms with Gasteiger partial charge in [0.1, 0.15) is 5.25 Å². The van der Waals surface area contributed by atoms with Crippen LogP contribution in [0.5, 0.6) is 0 Å². The first-order chi connectivity index (χ1) is 4.95. The van der Waals surface area contributed by atoms with Crippen molar-refractivity contribution in [3.8, 4) is 0 Å². The quantitative estimate of drug-likeness (QED) is 0.705. The summed E-state index contributed by atoms with van der Waals surface area (Å²) >= 11 is 0.877. The second-order valence-corrected chi connectivity index (χ2v) is 3.93. The number of rotatable bonds is 3. The molecule has 0 fully saturated rings. The lowest BCUT2D eigenvalue weighted by Crippen LogP contribution is -2.23. The Morgan fingerprint density at radius 1 is 1.36 bits per heavy atom. The highest BCUT2D eigenvalue weighted by atomic mass is 32.2. The smallest absolute Gasteiger partial charge is 0.317 e. The first-order valence-corrected chi connectivity index (χ1v) is 4.23. The van der Waals surface area contributed by atoms with Gasteiger partial charge in [0.15, 0.2) is 5.12 Å². The molecule has 0 saturated carbocycles. The lowest BCUT2D eigenvalue weighted by molar-refractivity contribution is -0.137. The monoisotopic (exact) mass is 176 g/mol.